The number of amides is 2. The van der Waals surface area contributed by atoms with Gasteiger partial charge in [0.05, 0.1) is 17.8 Å². The highest BCUT2D eigenvalue weighted by Crippen LogP contribution is 2.25. The van der Waals surface area contributed by atoms with E-state index in [9.17, 15) is 9.59 Å². The lowest BCUT2D eigenvalue weighted by atomic mass is 9.86. The molecule has 1 aromatic carbocycles. The maximum Gasteiger partial charge on any atom is 0.319 e. The van der Waals surface area contributed by atoms with E-state index in [1.807, 2.05) is 0 Å². The molecule has 0 bridgehead atoms. The number of hydrogen-bond donors (Lipinski definition) is 3. The van der Waals surface area contributed by atoms with Gasteiger partial charge in [-0.2, -0.15) is 0 Å². The molecule has 1 aliphatic rings. The van der Waals surface area contributed by atoms with Gasteiger partial charge in [-0.3, -0.25) is 4.79 Å². The number of hydrogen-bond acceptors (Lipinski definition) is 4. The molecule has 1 aliphatic carbocycles. The summed E-state index contributed by atoms with van der Waals surface area (Å²) in [6.45, 7) is 0. The number of aliphatic carboxylic acids is 1. The largest absolute Gasteiger partial charge is 0.481 e. The van der Waals surface area contributed by atoms with E-state index in [1.165, 1.54) is 6.20 Å². The number of carbonyl (C=O) groups excluding carboxylic acids is 1. The smallest absolute Gasteiger partial charge is 0.319 e. The van der Waals surface area contributed by atoms with Gasteiger partial charge in [0.15, 0.2) is 0 Å². The fourth-order valence-electron chi connectivity index (χ4n) is 2.98. The molecular weight excluding hydrogens is 370 g/mol. The number of ether oxygens (including phenoxy) is 1. The quantitative estimate of drug-likeness (QED) is 0.708. The summed E-state index contributed by atoms with van der Waals surface area (Å²) >= 11 is 5.83. The Morgan fingerprint density at radius 1 is 1.07 bits per heavy atom. The molecular formula is C19H20ClN3O4. The summed E-state index contributed by atoms with van der Waals surface area (Å²) in [5, 5.41) is 15.2. The maximum atomic E-state index is 12.1. The number of urea groups is 1. The van der Waals surface area contributed by atoms with Gasteiger partial charge in [-0.15, -0.1) is 0 Å². The molecule has 0 saturated heterocycles. The van der Waals surface area contributed by atoms with Crippen LogP contribution in [0.15, 0.2) is 42.6 Å². The van der Waals surface area contributed by atoms with Crippen molar-refractivity contribution in [1.29, 1.82) is 0 Å². The van der Waals surface area contributed by atoms with Gasteiger partial charge in [0, 0.05) is 17.1 Å². The molecule has 7 nitrogen and oxygen atoms in total. The first-order chi connectivity index (χ1) is 13.0. The van der Waals surface area contributed by atoms with Crippen molar-refractivity contribution in [2.24, 2.45) is 5.92 Å². The number of aromatic nitrogens is 1. The second-order valence-electron chi connectivity index (χ2n) is 6.43. The highest BCUT2D eigenvalue weighted by molar-refractivity contribution is 6.30. The zero-order valence-corrected chi connectivity index (χ0v) is 15.3. The molecule has 0 atom stereocenters. The van der Waals surface area contributed by atoms with Crippen LogP contribution >= 0.6 is 11.6 Å². The third-order valence-corrected chi connectivity index (χ3v) is 4.69. The normalized spacial score (nSPS) is 19.1. The molecule has 2 amide bonds. The summed E-state index contributed by atoms with van der Waals surface area (Å²) in [6.07, 6.45) is 4.00. The Morgan fingerprint density at radius 2 is 1.78 bits per heavy atom. The molecule has 0 aliphatic heterocycles. The minimum Gasteiger partial charge on any atom is -0.481 e. The van der Waals surface area contributed by atoms with Crippen LogP contribution in [0.3, 0.4) is 0 Å². The fraction of sp³-hybridized carbons (Fsp3) is 0.316. The van der Waals surface area contributed by atoms with Gasteiger partial charge < -0.3 is 20.5 Å². The zero-order chi connectivity index (χ0) is 19.2. The number of rotatable bonds is 5. The van der Waals surface area contributed by atoms with Crippen molar-refractivity contribution in [3.8, 4) is 11.6 Å². The zero-order valence-electron chi connectivity index (χ0n) is 14.5. The van der Waals surface area contributed by atoms with Crippen molar-refractivity contribution in [2.75, 3.05) is 5.32 Å². The Balaban J connectivity index is 1.47. The van der Waals surface area contributed by atoms with Crippen molar-refractivity contribution >= 4 is 29.3 Å². The minimum absolute atomic E-state index is 0.0129. The number of halogens is 1. The molecule has 8 heteroatoms. The Labute approximate surface area is 161 Å². The van der Waals surface area contributed by atoms with Crippen LogP contribution in [-0.2, 0) is 4.79 Å². The number of carbonyl (C=O) groups is 2. The molecule has 142 valence electrons. The Bertz CT molecular complexity index is 788. The molecule has 1 fully saturated rings. The molecule has 3 rings (SSSR count). The standard InChI is InChI=1S/C19H20ClN3O4/c20-13-3-8-16(9-4-13)27-17-10-7-15(11-21-17)23-19(26)22-14-5-1-12(2-6-14)18(24)25/h3-4,7-12,14H,1-2,5-6H2,(H,24,25)(H2,22,23,26). The number of nitrogens with zero attached hydrogens (tertiary/aromatic N) is 1. The van der Waals surface area contributed by atoms with Gasteiger partial charge in [0.2, 0.25) is 5.88 Å². The summed E-state index contributed by atoms with van der Waals surface area (Å²) in [5.41, 5.74) is 0.537. The number of carboxylic acid groups (broad SMARTS) is 1. The molecule has 0 spiro atoms. The number of pyridine rings is 1. The van der Waals surface area contributed by atoms with Crippen LogP contribution in [0.4, 0.5) is 10.5 Å². The third kappa shape index (κ3) is 5.59. The molecule has 2 aromatic rings. The Kier molecular flexibility index (Phi) is 6.13. The lowest BCUT2D eigenvalue weighted by Crippen LogP contribution is -2.40. The average Bonchev–Trinajstić information content (AvgIpc) is 2.65. The summed E-state index contributed by atoms with van der Waals surface area (Å²) in [5.74, 6) is -0.0500. The van der Waals surface area contributed by atoms with Crippen molar-refractivity contribution in [3.63, 3.8) is 0 Å². The highest BCUT2D eigenvalue weighted by Gasteiger charge is 2.26. The summed E-state index contributed by atoms with van der Waals surface area (Å²) < 4.78 is 5.60. The predicted molar refractivity (Wildman–Crippen MR) is 101 cm³/mol. The third-order valence-electron chi connectivity index (χ3n) is 4.44. The van der Waals surface area contributed by atoms with Crippen LogP contribution in [0, 0.1) is 5.92 Å². The van der Waals surface area contributed by atoms with Crippen molar-refractivity contribution < 1.29 is 19.4 Å². The van der Waals surface area contributed by atoms with Crippen LogP contribution in [0.1, 0.15) is 25.7 Å². The first-order valence-corrected chi connectivity index (χ1v) is 9.07. The molecule has 0 radical (unpaired) electrons. The topological polar surface area (TPSA) is 101 Å². The van der Waals surface area contributed by atoms with Gasteiger partial charge in [-0.1, -0.05) is 11.6 Å². The van der Waals surface area contributed by atoms with E-state index in [0.717, 1.165) is 0 Å². The lowest BCUT2D eigenvalue weighted by molar-refractivity contribution is -0.142. The number of carboxylic acids is 1. The molecule has 27 heavy (non-hydrogen) atoms. The van der Waals surface area contributed by atoms with E-state index in [-0.39, 0.29) is 18.0 Å². The van der Waals surface area contributed by atoms with Gasteiger partial charge in [-0.05, 0) is 56.0 Å². The average molecular weight is 390 g/mol. The van der Waals surface area contributed by atoms with E-state index in [0.29, 0.717) is 48.0 Å². The molecule has 3 N–H and O–H groups in total. The molecule has 1 saturated carbocycles. The van der Waals surface area contributed by atoms with Crippen molar-refractivity contribution in [2.45, 2.75) is 31.7 Å². The maximum absolute atomic E-state index is 12.1. The molecule has 1 heterocycles. The Morgan fingerprint density at radius 3 is 2.37 bits per heavy atom. The second-order valence-corrected chi connectivity index (χ2v) is 6.86. The van der Waals surface area contributed by atoms with Gasteiger partial charge >= 0.3 is 12.0 Å². The van der Waals surface area contributed by atoms with Crippen LogP contribution in [0.25, 0.3) is 0 Å². The number of anilines is 1. The van der Waals surface area contributed by atoms with Crippen molar-refractivity contribution in [1.82, 2.24) is 10.3 Å². The second kappa shape index (κ2) is 8.73. The fourth-order valence-corrected chi connectivity index (χ4v) is 3.10. The predicted octanol–water partition coefficient (Wildman–Crippen LogP) is 4.29. The number of nitrogens with one attached hydrogen (secondary N) is 2. The number of benzene rings is 1. The summed E-state index contributed by atoms with van der Waals surface area (Å²) in [7, 11) is 0. The van der Waals surface area contributed by atoms with Crippen LogP contribution in [-0.4, -0.2) is 28.1 Å². The first-order valence-electron chi connectivity index (χ1n) is 8.69. The van der Waals surface area contributed by atoms with E-state index < -0.39 is 5.97 Å². The SMILES string of the molecule is O=C(Nc1ccc(Oc2ccc(Cl)cc2)nc1)NC1CCC(C(=O)O)CC1. The summed E-state index contributed by atoms with van der Waals surface area (Å²) in [6, 6.07) is 9.93. The van der Waals surface area contributed by atoms with Gasteiger partial charge in [-0.25, -0.2) is 9.78 Å². The van der Waals surface area contributed by atoms with Crippen LogP contribution < -0.4 is 15.4 Å². The van der Waals surface area contributed by atoms with E-state index in [1.54, 1.807) is 36.4 Å². The lowest BCUT2D eigenvalue weighted by Gasteiger charge is -2.26. The molecule has 0 unspecified atom stereocenters. The van der Waals surface area contributed by atoms with E-state index >= 15 is 0 Å². The van der Waals surface area contributed by atoms with Gasteiger partial charge in [0.1, 0.15) is 5.75 Å². The monoisotopic (exact) mass is 389 g/mol. The minimum atomic E-state index is -0.759. The highest BCUT2D eigenvalue weighted by atomic mass is 35.5. The van der Waals surface area contributed by atoms with Crippen LogP contribution in [0.2, 0.25) is 5.02 Å². The molecule has 1 aromatic heterocycles. The van der Waals surface area contributed by atoms with E-state index in [4.69, 9.17) is 21.4 Å². The Hall–Kier alpha value is -2.80. The first kappa shape index (κ1) is 19.0. The van der Waals surface area contributed by atoms with Gasteiger partial charge in [0.25, 0.3) is 0 Å². The summed E-state index contributed by atoms with van der Waals surface area (Å²) in [4.78, 5) is 27.2. The van der Waals surface area contributed by atoms with E-state index in [2.05, 4.69) is 15.6 Å². The van der Waals surface area contributed by atoms with Crippen LogP contribution in [0.5, 0.6) is 11.6 Å². The van der Waals surface area contributed by atoms with Crippen molar-refractivity contribution in [3.05, 3.63) is 47.6 Å².